The third-order valence-corrected chi connectivity index (χ3v) is 3.26. The second-order valence-electron chi connectivity index (χ2n) is 3.86. The molecule has 7 nitrogen and oxygen atoms in total. The molecule has 0 aliphatic rings. The number of carbonyl (C=O) groups is 1. The molecule has 1 atom stereocenters. The molecular weight excluding hydrogens is 266 g/mol. The molecule has 8 heteroatoms. The molecule has 0 spiro atoms. The highest BCUT2D eigenvalue weighted by molar-refractivity contribution is 7.16. The third kappa shape index (κ3) is 3.09. The van der Waals surface area contributed by atoms with E-state index in [9.17, 15) is 9.90 Å². The summed E-state index contributed by atoms with van der Waals surface area (Å²) in [6.45, 7) is 2.68. The number of rotatable bonds is 6. The smallest absolute Gasteiger partial charge is 0.248 e. The van der Waals surface area contributed by atoms with E-state index < -0.39 is 12.0 Å². The number of nitrogens with zero attached hydrogens (tertiary/aromatic N) is 2. The highest BCUT2D eigenvalue weighted by atomic mass is 32.1. The molecule has 5 N–H and O–H groups in total. The summed E-state index contributed by atoms with van der Waals surface area (Å²) >= 11 is 1.50. The van der Waals surface area contributed by atoms with E-state index in [0.717, 1.165) is 10.2 Å². The molecule has 1 unspecified atom stereocenters. The van der Waals surface area contributed by atoms with Gasteiger partial charge in [0.05, 0.1) is 11.9 Å². The summed E-state index contributed by atoms with van der Waals surface area (Å²) in [6, 6.07) is 1.88. The van der Waals surface area contributed by atoms with Crippen molar-refractivity contribution in [2.24, 2.45) is 5.73 Å². The van der Waals surface area contributed by atoms with E-state index in [-0.39, 0.29) is 6.54 Å². The fourth-order valence-electron chi connectivity index (χ4n) is 1.52. The molecule has 0 aliphatic heterocycles. The summed E-state index contributed by atoms with van der Waals surface area (Å²) in [5.74, 6) is 0.311. The number of anilines is 2. The number of amides is 1. The van der Waals surface area contributed by atoms with Crippen molar-refractivity contribution >= 4 is 39.2 Å². The Hall–Kier alpha value is -1.93. The van der Waals surface area contributed by atoms with Crippen LogP contribution >= 0.6 is 11.3 Å². The Bertz CT molecular complexity index is 585. The lowest BCUT2D eigenvalue weighted by atomic mass is 10.3. The van der Waals surface area contributed by atoms with Crippen LogP contribution in [0.4, 0.5) is 11.8 Å². The normalized spacial score (nSPS) is 12.3. The Labute approximate surface area is 113 Å². The molecule has 2 aromatic rings. The summed E-state index contributed by atoms with van der Waals surface area (Å²) < 4.78 is 0. The quantitative estimate of drug-likeness (QED) is 0.609. The number of aromatic nitrogens is 2. The fourth-order valence-corrected chi connectivity index (χ4v) is 2.29. The van der Waals surface area contributed by atoms with E-state index in [0.29, 0.717) is 18.3 Å². The second kappa shape index (κ2) is 5.81. The minimum absolute atomic E-state index is 0.0167. The number of carbonyl (C=O) groups excluding carboxylic acids is 1. The van der Waals surface area contributed by atoms with Crippen LogP contribution in [0, 0.1) is 0 Å². The molecule has 0 saturated heterocycles. The maximum absolute atomic E-state index is 10.8. The maximum Gasteiger partial charge on any atom is 0.248 e. The number of hydrogen-bond donors (Lipinski definition) is 4. The van der Waals surface area contributed by atoms with E-state index in [1.54, 1.807) is 0 Å². The SMILES string of the molecule is CCNc1nc(NCC(O)C(N)=O)c2ccsc2n1. The molecule has 0 fully saturated rings. The number of nitrogens with one attached hydrogen (secondary N) is 2. The van der Waals surface area contributed by atoms with Crippen LogP contribution in [0.1, 0.15) is 6.92 Å². The first-order chi connectivity index (χ1) is 9.11. The Kier molecular flexibility index (Phi) is 4.13. The van der Waals surface area contributed by atoms with Crippen LogP contribution in [-0.4, -0.2) is 40.2 Å². The van der Waals surface area contributed by atoms with E-state index in [1.165, 1.54) is 11.3 Å². The van der Waals surface area contributed by atoms with Crippen molar-refractivity contribution in [1.82, 2.24) is 9.97 Å². The van der Waals surface area contributed by atoms with Crippen LogP contribution in [-0.2, 0) is 4.79 Å². The predicted molar refractivity (Wildman–Crippen MR) is 75.3 cm³/mol. The van der Waals surface area contributed by atoms with Gasteiger partial charge < -0.3 is 21.5 Å². The third-order valence-electron chi connectivity index (χ3n) is 2.45. The van der Waals surface area contributed by atoms with Crippen LogP contribution in [0.2, 0.25) is 0 Å². The van der Waals surface area contributed by atoms with Crippen LogP contribution in [0.5, 0.6) is 0 Å². The van der Waals surface area contributed by atoms with Crippen LogP contribution in [0.3, 0.4) is 0 Å². The standard InChI is InChI=1S/C11H15N5O2S/c1-2-13-11-15-9(14-5-7(17)8(12)18)6-3-4-19-10(6)16-11/h3-4,7,17H,2,5H2,1H3,(H2,12,18)(H2,13,14,15,16). The van der Waals surface area contributed by atoms with Gasteiger partial charge in [0, 0.05) is 6.54 Å². The highest BCUT2D eigenvalue weighted by Crippen LogP contribution is 2.26. The Morgan fingerprint density at radius 3 is 3.00 bits per heavy atom. The molecule has 1 amide bonds. The Morgan fingerprint density at radius 2 is 2.32 bits per heavy atom. The maximum atomic E-state index is 10.8. The van der Waals surface area contributed by atoms with Gasteiger partial charge in [-0.25, -0.2) is 4.98 Å². The van der Waals surface area contributed by atoms with Gasteiger partial charge in [0.2, 0.25) is 11.9 Å². The zero-order valence-electron chi connectivity index (χ0n) is 10.4. The number of aliphatic hydroxyl groups is 1. The molecule has 2 rings (SSSR count). The first-order valence-electron chi connectivity index (χ1n) is 5.82. The zero-order valence-corrected chi connectivity index (χ0v) is 11.2. The van der Waals surface area contributed by atoms with Gasteiger partial charge in [-0.05, 0) is 18.4 Å². The van der Waals surface area contributed by atoms with Gasteiger partial charge in [0.25, 0.3) is 0 Å². The minimum Gasteiger partial charge on any atom is -0.381 e. The molecule has 2 heterocycles. The summed E-state index contributed by atoms with van der Waals surface area (Å²) in [4.78, 5) is 20.3. The van der Waals surface area contributed by atoms with Crippen molar-refractivity contribution in [3.63, 3.8) is 0 Å². The largest absolute Gasteiger partial charge is 0.381 e. The van der Waals surface area contributed by atoms with Crippen molar-refractivity contribution in [1.29, 1.82) is 0 Å². The topological polar surface area (TPSA) is 113 Å². The lowest BCUT2D eigenvalue weighted by Crippen LogP contribution is -2.34. The number of thiophene rings is 1. The van der Waals surface area contributed by atoms with Gasteiger partial charge in [0.1, 0.15) is 16.8 Å². The van der Waals surface area contributed by atoms with Crippen molar-refractivity contribution in [2.75, 3.05) is 23.7 Å². The number of fused-ring (bicyclic) bond motifs is 1. The first kappa shape index (κ1) is 13.5. The van der Waals surface area contributed by atoms with Crippen LogP contribution < -0.4 is 16.4 Å². The molecule has 2 aromatic heterocycles. The zero-order chi connectivity index (χ0) is 13.8. The summed E-state index contributed by atoms with van der Waals surface area (Å²) in [5.41, 5.74) is 5.00. The van der Waals surface area contributed by atoms with Crippen molar-refractivity contribution in [2.45, 2.75) is 13.0 Å². The van der Waals surface area contributed by atoms with E-state index in [2.05, 4.69) is 20.6 Å². The van der Waals surface area contributed by atoms with Gasteiger partial charge in [0.15, 0.2) is 0 Å². The summed E-state index contributed by atoms with van der Waals surface area (Å²) in [6.07, 6.45) is -1.24. The number of nitrogens with two attached hydrogens (primary N) is 1. The minimum atomic E-state index is -1.24. The molecule has 19 heavy (non-hydrogen) atoms. The van der Waals surface area contributed by atoms with Gasteiger partial charge in [-0.3, -0.25) is 4.79 Å². The highest BCUT2D eigenvalue weighted by Gasteiger charge is 2.13. The lowest BCUT2D eigenvalue weighted by Gasteiger charge is -2.11. The second-order valence-corrected chi connectivity index (χ2v) is 4.76. The van der Waals surface area contributed by atoms with Gasteiger partial charge in [-0.15, -0.1) is 11.3 Å². The lowest BCUT2D eigenvalue weighted by molar-refractivity contribution is -0.125. The number of hydrogen-bond acceptors (Lipinski definition) is 7. The number of primary amides is 1. The van der Waals surface area contributed by atoms with E-state index >= 15 is 0 Å². The monoisotopic (exact) mass is 281 g/mol. The molecular formula is C11H15N5O2S. The first-order valence-corrected chi connectivity index (χ1v) is 6.70. The molecule has 0 saturated carbocycles. The number of aliphatic hydroxyl groups excluding tert-OH is 1. The van der Waals surface area contributed by atoms with E-state index in [4.69, 9.17) is 5.73 Å². The molecule has 0 radical (unpaired) electrons. The van der Waals surface area contributed by atoms with E-state index in [1.807, 2.05) is 18.4 Å². The summed E-state index contributed by atoms with van der Waals surface area (Å²) in [7, 11) is 0. The molecule has 102 valence electrons. The van der Waals surface area contributed by atoms with Gasteiger partial charge >= 0.3 is 0 Å². The predicted octanol–water partition coefficient (Wildman–Crippen LogP) is 0.381. The van der Waals surface area contributed by atoms with Crippen molar-refractivity contribution in [3.8, 4) is 0 Å². The Balaban J connectivity index is 2.24. The average Bonchev–Trinajstić information content (AvgIpc) is 2.84. The van der Waals surface area contributed by atoms with Gasteiger partial charge in [-0.1, -0.05) is 0 Å². The van der Waals surface area contributed by atoms with Crippen molar-refractivity contribution in [3.05, 3.63) is 11.4 Å². The average molecular weight is 281 g/mol. The fraction of sp³-hybridized carbons (Fsp3) is 0.364. The van der Waals surface area contributed by atoms with Crippen molar-refractivity contribution < 1.29 is 9.90 Å². The van der Waals surface area contributed by atoms with Gasteiger partial charge in [-0.2, -0.15) is 4.98 Å². The molecule has 0 bridgehead atoms. The molecule has 0 aromatic carbocycles. The van der Waals surface area contributed by atoms with Crippen LogP contribution in [0.25, 0.3) is 10.2 Å². The summed E-state index contributed by atoms with van der Waals surface area (Å²) in [5, 5.41) is 18.1. The van der Waals surface area contributed by atoms with Crippen LogP contribution in [0.15, 0.2) is 11.4 Å². The Morgan fingerprint density at radius 1 is 1.53 bits per heavy atom. The molecule has 0 aliphatic carbocycles.